The molecule has 0 saturated heterocycles. The highest BCUT2D eigenvalue weighted by Crippen LogP contribution is 2.03. The van der Waals surface area contributed by atoms with Gasteiger partial charge in [0.2, 0.25) is 0 Å². The van der Waals surface area contributed by atoms with E-state index in [9.17, 15) is 0 Å². The van der Waals surface area contributed by atoms with Crippen LogP contribution in [0.25, 0.3) is 0 Å². The SMILES string of the molecule is C=CCC(O)CCCCO. The Kier molecular flexibility index (Phi) is 6.55. The van der Waals surface area contributed by atoms with E-state index in [2.05, 4.69) is 6.58 Å². The minimum atomic E-state index is -0.260. The number of hydrogen-bond acceptors (Lipinski definition) is 2. The van der Waals surface area contributed by atoms with Gasteiger partial charge < -0.3 is 10.2 Å². The van der Waals surface area contributed by atoms with Crippen molar-refractivity contribution in [2.45, 2.75) is 31.8 Å². The van der Waals surface area contributed by atoms with Crippen molar-refractivity contribution in [3.05, 3.63) is 12.7 Å². The van der Waals surface area contributed by atoms with Crippen molar-refractivity contribution in [1.29, 1.82) is 0 Å². The quantitative estimate of drug-likeness (QED) is 0.432. The molecule has 1 atom stereocenters. The molecule has 0 aliphatic heterocycles. The Hall–Kier alpha value is -0.340. The maximum absolute atomic E-state index is 9.12. The fraction of sp³-hybridized carbons (Fsp3) is 0.750. The van der Waals surface area contributed by atoms with E-state index in [4.69, 9.17) is 10.2 Å². The van der Waals surface area contributed by atoms with Crippen molar-refractivity contribution in [2.75, 3.05) is 6.61 Å². The van der Waals surface area contributed by atoms with Crippen LogP contribution in [0.15, 0.2) is 12.7 Å². The minimum Gasteiger partial charge on any atom is -0.396 e. The molecule has 2 N–H and O–H groups in total. The predicted octanol–water partition coefficient (Wildman–Crippen LogP) is 1.09. The molecule has 0 aromatic rings. The summed E-state index contributed by atoms with van der Waals surface area (Å²) >= 11 is 0. The molecular weight excluding hydrogens is 128 g/mol. The lowest BCUT2D eigenvalue weighted by Crippen LogP contribution is -2.04. The summed E-state index contributed by atoms with van der Waals surface area (Å²) < 4.78 is 0. The van der Waals surface area contributed by atoms with Crippen molar-refractivity contribution in [3.8, 4) is 0 Å². The molecule has 0 aliphatic carbocycles. The third-order valence-electron chi connectivity index (χ3n) is 1.38. The summed E-state index contributed by atoms with van der Waals surface area (Å²) in [7, 11) is 0. The van der Waals surface area contributed by atoms with Crippen LogP contribution in [0.2, 0.25) is 0 Å². The van der Waals surface area contributed by atoms with E-state index < -0.39 is 0 Å². The highest BCUT2D eigenvalue weighted by molar-refractivity contribution is 4.71. The van der Waals surface area contributed by atoms with E-state index in [0.29, 0.717) is 6.42 Å². The molecule has 0 radical (unpaired) electrons. The average molecular weight is 144 g/mol. The molecule has 2 heteroatoms. The Morgan fingerprint density at radius 3 is 2.60 bits per heavy atom. The highest BCUT2D eigenvalue weighted by Gasteiger charge is 1.99. The van der Waals surface area contributed by atoms with Crippen LogP contribution in [0.4, 0.5) is 0 Å². The van der Waals surface area contributed by atoms with Gasteiger partial charge in [-0.3, -0.25) is 0 Å². The van der Waals surface area contributed by atoms with Crippen LogP contribution in [0.3, 0.4) is 0 Å². The molecule has 60 valence electrons. The second-order valence-electron chi connectivity index (χ2n) is 2.40. The number of rotatable bonds is 6. The lowest BCUT2D eigenvalue weighted by Gasteiger charge is -2.05. The monoisotopic (exact) mass is 144 g/mol. The summed E-state index contributed by atoms with van der Waals surface area (Å²) in [4.78, 5) is 0. The van der Waals surface area contributed by atoms with Gasteiger partial charge in [0.15, 0.2) is 0 Å². The number of hydrogen-bond donors (Lipinski definition) is 2. The van der Waals surface area contributed by atoms with Crippen LogP contribution in [0.1, 0.15) is 25.7 Å². The first kappa shape index (κ1) is 9.66. The van der Waals surface area contributed by atoms with Gasteiger partial charge in [-0.2, -0.15) is 0 Å². The standard InChI is InChI=1S/C8H16O2/c1-2-5-8(10)6-3-4-7-9/h2,8-10H,1,3-7H2. The summed E-state index contributed by atoms with van der Waals surface area (Å²) in [6.45, 7) is 3.74. The van der Waals surface area contributed by atoms with Crippen LogP contribution in [-0.4, -0.2) is 22.9 Å². The van der Waals surface area contributed by atoms with Gasteiger partial charge in [0.25, 0.3) is 0 Å². The molecule has 1 unspecified atom stereocenters. The van der Waals surface area contributed by atoms with Crippen molar-refractivity contribution in [2.24, 2.45) is 0 Å². The molecule has 0 aromatic carbocycles. The Labute approximate surface area is 62.2 Å². The predicted molar refractivity (Wildman–Crippen MR) is 41.8 cm³/mol. The van der Waals surface area contributed by atoms with Crippen molar-refractivity contribution >= 4 is 0 Å². The first-order chi connectivity index (χ1) is 4.81. The van der Waals surface area contributed by atoms with E-state index in [1.54, 1.807) is 6.08 Å². The van der Waals surface area contributed by atoms with Gasteiger partial charge >= 0.3 is 0 Å². The zero-order valence-corrected chi connectivity index (χ0v) is 6.29. The maximum Gasteiger partial charge on any atom is 0.0574 e. The zero-order chi connectivity index (χ0) is 7.82. The molecule has 10 heavy (non-hydrogen) atoms. The highest BCUT2D eigenvalue weighted by atomic mass is 16.3. The van der Waals surface area contributed by atoms with Gasteiger partial charge in [-0.1, -0.05) is 6.08 Å². The fourth-order valence-corrected chi connectivity index (χ4v) is 0.802. The Balaban J connectivity index is 3.04. The van der Waals surface area contributed by atoms with Crippen molar-refractivity contribution in [1.82, 2.24) is 0 Å². The average Bonchev–Trinajstić information content (AvgIpc) is 1.89. The number of unbranched alkanes of at least 4 members (excludes halogenated alkanes) is 1. The third-order valence-corrected chi connectivity index (χ3v) is 1.38. The maximum atomic E-state index is 9.12. The fourth-order valence-electron chi connectivity index (χ4n) is 0.802. The molecule has 0 heterocycles. The van der Waals surface area contributed by atoms with Crippen LogP contribution >= 0.6 is 0 Å². The Bertz CT molecular complexity index is 81.3. The lowest BCUT2D eigenvalue weighted by atomic mass is 10.1. The van der Waals surface area contributed by atoms with Crippen LogP contribution < -0.4 is 0 Å². The summed E-state index contributed by atoms with van der Waals surface area (Å²) in [6, 6.07) is 0. The first-order valence-electron chi connectivity index (χ1n) is 3.71. The van der Waals surface area contributed by atoms with Crippen LogP contribution in [-0.2, 0) is 0 Å². The van der Waals surface area contributed by atoms with Crippen LogP contribution in [0.5, 0.6) is 0 Å². The Morgan fingerprint density at radius 2 is 2.10 bits per heavy atom. The van der Waals surface area contributed by atoms with Gasteiger partial charge in [-0.05, 0) is 25.7 Å². The first-order valence-corrected chi connectivity index (χ1v) is 3.71. The smallest absolute Gasteiger partial charge is 0.0574 e. The van der Waals surface area contributed by atoms with Crippen molar-refractivity contribution < 1.29 is 10.2 Å². The summed E-state index contributed by atoms with van der Waals surface area (Å²) in [5.41, 5.74) is 0. The molecular formula is C8H16O2. The second-order valence-corrected chi connectivity index (χ2v) is 2.40. The van der Waals surface area contributed by atoms with E-state index in [-0.39, 0.29) is 12.7 Å². The van der Waals surface area contributed by atoms with Gasteiger partial charge in [-0.15, -0.1) is 6.58 Å². The van der Waals surface area contributed by atoms with E-state index >= 15 is 0 Å². The molecule has 0 aliphatic rings. The molecule has 0 aromatic heterocycles. The summed E-state index contributed by atoms with van der Waals surface area (Å²) in [6.07, 6.45) is 4.56. The Morgan fingerprint density at radius 1 is 1.40 bits per heavy atom. The van der Waals surface area contributed by atoms with E-state index in [1.807, 2.05) is 0 Å². The minimum absolute atomic E-state index is 0.223. The molecule has 0 bridgehead atoms. The zero-order valence-electron chi connectivity index (χ0n) is 6.29. The third kappa shape index (κ3) is 5.79. The topological polar surface area (TPSA) is 40.5 Å². The van der Waals surface area contributed by atoms with Gasteiger partial charge in [0.05, 0.1) is 6.10 Å². The van der Waals surface area contributed by atoms with E-state index in [1.165, 1.54) is 0 Å². The van der Waals surface area contributed by atoms with E-state index in [0.717, 1.165) is 19.3 Å². The lowest BCUT2D eigenvalue weighted by molar-refractivity contribution is 0.160. The number of aliphatic hydroxyl groups is 2. The second kappa shape index (κ2) is 6.78. The van der Waals surface area contributed by atoms with Gasteiger partial charge in [0.1, 0.15) is 0 Å². The molecule has 2 nitrogen and oxygen atoms in total. The largest absolute Gasteiger partial charge is 0.396 e. The molecule has 0 saturated carbocycles. The summed E-state index contributed by atoms with van der Waals surface area (Å²) in [5, 5.41) is 17.5. The normalized spacial score (nSPS) is 13.0. The molecule has 0 fully saturated rings. The molecule has 0 amide bonds. The van der Waals surface area contributed by atoms with Crippen molar-refractivity contribution in [3.63, 3.8) is 0 Å². The number of aliphatic hydroxyl groups excluding tert-OH is 2. The van der Waals surface area contributed by atoms with Gasteiger partial charge in [-0.25, -0.2) is 0 Å². The molecule has 0 rings (SSSR count). The van der Waals surface area contributed by atoms with Gasteiger partial charge in [0, 0.05) is 6.61 Å². The van der Waals surface area contributed by atoms with Crippen LogP contribution in [0, 0.1) is 0 Å². The molecule has 0 spiro atoms. The summed E-state index contributed by atoms with van der Waals surface area (Å²) in [5.74, 6) is 0.